The van der Waals surface area contributed by atoms with Crippen LogP contribution in [0.1, 0.15) is 31.5 Å². The second-order valence-electron chi connectivity index (χ2n) is 5.25. The lowest BCUT2D eigenvalue weighted by atomic mass is 10.1. The first kappa shape index (κ1) is 18.8. The van der Waals surface area contributed by atoms with Gasteiger partial charge in [-0.2, -0.15) is 0 Å². The summed E-state index contributed by atoms with van der Waals surface area (Å²) in [6.45, 7) is 5.45. The first-order valence-corrected chi connectivity index (χ1v) is 10.1. The summed E-state index contributed by atoms with van der Waals surface area (Å²) in [5.74, 6) is 1.95. The molecule has 2 aromatic rings. The van der Waals surface area contributed by atoms with Gasteiger partial charge >= 0.3 is 0 Å². The number of aryl methyl sites for hydroxylation is 1. The van der Waals surface area contributed by atoms with Crippen LogP contribution >= 0.6 is 23.1 Å². The van der Waals surface area contributed by atoms with E-state index in [0.29, 0.717) is 19.6 Å². The lowest BCUT2D eigenvalue weighted by molar-refractivity contribution is -0.120. The van der Waals surface area contributed by atoms with Crippen LogP contribution in [0.5, 0.6) is 5.75 Å². The highest BCUT2D eigenvalue weighted by atomic mass is 32.2. The van der Waals surface area contributed by atoms with Crippen molar-refractivity contribution in [2.45, 2.75) is 37.4 Å². The topological polar surface area (TPSA) is 51.2 Å². The summed E-state index contributed by atoms with van der Waals surface area (Å²) >= 11 is 3.32. The van der Waals surface area contributed by atoms with Gasteiger partial charge in [-0.15, -0.1) is 11.3 Å². The maximum atomic E-state index is 11.9. The highest BCUT2D eigenvalue weighted by Crippen LogP contribution is 2.22. The molecule has 1 N–H and O–H groups in total. The number of amides is 1. The summed E-state index contributed by atoms with van der Waals surface area (Å²) in [6.07, 6.45) is 2.23. The molecule has 0 aliphatic heterocycles. The second kappa shape index (κ2) is 10.4. The fourth-order valence-electron chi connectivity index (χ4n) is 2.23. The molecule has 0 aliphatic carbocycles. The highest BCUT2D eigenvalue weighted by molar-refractivity contribution is 8.00. The Bertz CT molecular complexity index is 626. The van der Waals surface area contributed by atoms with Gasteiger partial charge in [0.2, 0.25) is 5.91 Å². The van der Waals surface area contributed by atoms with Gasteiger partial charge in [0.25, 0.3) is 0 Å². The first-order chi connectivity index (χ1) is 11.7. The number of carbonyl (C=O) groups is 1. The van der Waals surface area contributed by atoms with Gasteiger partial charge in [0.15, 0.2) is 0 Å². The minimum absolute atomic E-state index is 0.0417. The Kier molecular flexibility index (Phi) is 8.12. The molecule has 0 bridgehead atoms. The number of hydrogen-bond acceptors (Lipinski definition) is 5. The van der Waals surface area contributed by atoms with Crippen molar-refractivity contribution >= 4 is 29.0 Å². The molecule has 0 radical (unpaired) electrons. The smallest absolute Gasteiger partial charge is 0.226 e. The van der Waals surface area contributed by atoms with Crippen molar-refractivity contribution in [1.82, 2.24) is 10.3 Å². The predicted molar refractivity (Wildman–Crippen MR) is 101 cm³/mol. The number of nitrogens with one attached hydrogen (secondary N) is 1. The molecule has 0 saturated heterocycles. The number of benzene rings is 1. The summed E-state index contributed by atoms with van der Waals surface area (Å²) in [5.41, 5.74) is 2.12. The molecule has 2 rings (SSSR count). The third-order valence-electron chi connectivity index (χ3n) is 3.34. The molecule has 1 aromatic heterocycles. The van der Waals surface area contributed by atoms with Gasteiger partial charge in [-0.25, -0.2) is 4.98 Å². The molecular weight excluding hydrogens is 340 g/mol. The Balaban J connectivity index is 1.65. The lowest BCUT2D eigenvalue weighted by Crippen LogP contribution is -2.26. The van der Waals surface area contributed by atoms with E-state index in [4.69, 9.17) is 4.74 Å². The molecule has 1 amide bonds. The normalized spacial score (nSPS) is 10.6. The minimum Gasteiger partial charge on any atom is -0.494 e. The highest BCUT2D eigenvalue weighted by Gasteiger charge is 2.07. The monoisotopic (exact) mass is 364 g/mol. The fourth-order valence-corrected chi connectivity index (χ4v) is 3.97. The van der Waals surface area contributed by atoms with Crippen molar-refractivity contribution in [2.75, 3.05) is 18.9 Å². The van der Waals surface area contributed by atoms with Crippen LogP contribution in [0.3, 0.4) is 0 Å². The minimum atomic E-state index is 0.0417. The van der Waals surface area contributed by atoms with E-state index in [1.807, 2.05) is 24.4 Å². The second-order valence-corrected chi connectivity index (χ2v) is 7.61. The van der Waals surface area contributed by atoms with Crippen LogP contribution in [0, 0.1) is 0 Å². The molecule has 0 spiro atoms. The predicted octanol–water partition coefficient (Wildman–Crippen LogP) is 3.95. The number of carbonyl (C=O) groups excluding carboxylic acids is 1. The number of aromatic nitrogens is 1. The van der Waals surface area contributed by atoms with Crippen molar-refractivity contribution in [2.24, 2.45) is 0 Å². The SMILES string of the molecule is CCOc1ccc(CCCNC(=O)Cc2csc(SCC)n2)cc1. The quantitative estimate of drug-likeness (QED) is 0.512. The van der Waals surface area contributed by atoms with E-state index < -0.39 is 0 Å². The molecule has 0 fully saturated rings. The molecule has 6 heteroatoms. The molecular formula is C18H24N2O2S2. The Morgan fingerprint density at radius 2 is 2.08 bits per heavy atom. The summed E-state index contributed by atoms with van der Waals surface area (Å²) < 4.78 is 6.47. The molecule has 130 valence electrons. The van der Waals surface area contributed by atoms with E-state index in [-0.39, 0.29) is 5.91 Å². The van der Waals surface area contributed by atoms with Crippen molar-refractivity contribution in [3.05, 3.63) is 40.9 Å². The van der Waals surface area contributed by atoms with Crippen LogP contribution in [0.4, 0.5) is 0 Å². The van der Waals surface area contributed by atoms with Crippen LogP contribution < -0.4 is 10.1 Å². The van der Waals surface area contributed by atoms with Crippen LogP contribution in [0.15, 0.2) is 34.0 Å². The number of nitrogens with zero attached hydrogens (tertiary/aromatic N) is 1. The van der Waals surface area contributed by atoms with Gasteiger partial charge < -0.3 is 10.1 Å². The third kappa shape index (κ3) is 6.53. The maximum Gasteiger partial charge on any atom is 0.226 e. The van der Waals surface area contributed by atoms with E-state index in [0.717, 1.165) is 34.4 Å². The molecule has 24 heavy (non-hydrogen) atoms. The van der Waals surface area contributed by atoms with E-state index in [9.17, 15) is 4.79 Å². The Hall–Kier alpha value is -1.53. The summed E-state index contributed by atoms with van der Waals surface area (Å²) in [4.78, 5) is 16.4. The molecule has 1 aromatic carbocycles. The van der Waals surface area contributed by atoms with Gasteiger partial charge in [0.05, 0.1) is 18.7 Å². The van der Waals surface area contributed by atoms with Gasteiger partial charge in [0, 0.05) is 11.9 Å². The van der Waals surface area contributed by atoms with E-state index in [2.05, 4.69) is 29.4 Å². The van der Waals surface area contributed by atoms with Crippen LogP contribution in [-0.4, -0.2) is 29.8 Å². The number of ether oxygens (including phenoxy) is 1. The number of thioether (sulfide) groups is 1. The Morgan fingerprint density at radius 1 is 1.29 bits per heavy atom. The van der Waals surface area contributed by atoms with Gasteiger partial charge in [-0.1, -0.05) is 30.8 Å². The average molecular weight is 365 g/mol. The molecule has 0 unspecified atom stereocenters. The zero-order valence-corrected chi connectivity index (χ0v) is 15.8. The Morgan fingerprint density at radius 3 is 2.79 bits per heavy atom. The lowest BCUT2D eigenvalue weighted by Gasteiger charge is -2.06. The van der Waals surface area contributed by atoms with Crippen molar-refractivity contribution in [3.8, 4) is 5.75 Å². The summed E-state index contributed by atoms with van der Waals surface area (Å²) in [6, 6.07) is 8.14. The van der Waals surface area contributed by atoms with Gasteiger partial charge in [-0.3, -0.25) is 4.79 Å². The molecule has 0 saturated carbocycles. The van der Waals surface area contributed by atoms with Gasteiger partial charge in [0.1, 0.15) is 10.1 Å². The molecule has 0 atom stereocenters. The van der Waals surface area contributed by atoms with Crippen LogP contribution in [0.25, 0.3) is 0 Å². The van der Waals surface area contributed by atoms with E-state index >= 15 is 0 Å². The zero-order chi connectivity index (χ0) is 17.2. The maximum absolute atomic E-state index is 11.9. The summed E-state index contributed by atoms with van der Waals surface area (Å²) in [7, 11) is 0. The van der Waals surface area contributed by atoms with Crippen molar-refractivity contribution < 1.29 is 9.53 Å². The number of thiazole rings is 1. The fraction of sp³-hybridized carbons (Fsp3) is 0.444. The van der Waals surface area contributed by atoms with Crippen molar-refractivity contribution in [3.63, 3.8) is 0 Å². The number of hydrogen-bond donors (Lipinski definition) is 1. The molecule has 0 aliphatic rings. The largest absolute Gasteiger partial charge is 0.494 e. The summed E-state index contributed by atoms with van der Waals surface area (Å²) in [5, 5.41) is 4.94. The van der Waals surface area contributed by atoms with E-state index in [1.54, 1.807) is 23.1 Å². The van der Waals surface area contributed by atoms with Crippen LogP contribution in [0.2, 0.25) is 0 Å². The zero-order valence-electron chi connectivity index (χ0n) is 14.2. The van der Waals surface area contributed by atoms with Crippen molar-refractivity contribution in [1.29, 1.82) is 0 Å². The number of rotatable bonds is 10. The van der Waals surface area contributed by atoms with E-state index in [1.165, 1.54) is 5.56 Å². The third-order valence-corrected chi connectivity index (χ3v) is 5.29. The average Bonchev–Trinajstić information content (AvgIpc) is 3.01. The Labute approximate surface area is 152 Å². The standard InChI is InChI=1S/C18H24N2O2S2/c1-3-22-16-9-7-14(8-10-16)6-5-11-19-17(21)12-15-13-24-18(20-15)23-4-2/h7-10,13H,3-6,11-12H2,1-2H3,(H,19,21). The molecule has 4 nitrogen and oxygen atoms in total. The van der Waals surface area contributed by atoms with Gasteiger partial charge in [-0.05, 0) is 43.2 Å². The van der Waals surface area contributed by atoms with Crippen LogP contribution in [-0.2, 0) is 17.6 Å². The first-order valence-electron chi connectivity index (χ1n) is 8.27. The molecule has 1 heterocycles.